The van der Waals surface area contributed by atoms with Crippen molar-refractivity contribution in [3.8, 4) is 23.3 Å². The number of hydrogen-bond donors (Lipinski definition) is 1. The van der Waals surface area contributed by atoms with E-state index in [0.29, 0.717) is 35.4 Å². The molecule has 35 heavy (non-hydrogen) atoms. The predicted molar refractivity (Wildman–Crippen MR) is 136 cm³/mol. The molecule has 1 aromatic heterocycles. The number of benzene rings is 2. The number of aryl methyl sites for hydroxylation is 3. The smallest absolute Gasteiger partial charge is 0.268 e. The molecule has 8 nitrogen and oxygen atoms in total. The van der Waals surface area contributed by atoms with Gasteiger partial charge in [0.2, 0.25) is 5.13 Å². The summed E-state index contributed by atoms with van der Waals surface area (Å²) in [5.41, 5.74) is 2.94. The fourth-order valence-electron chi connectivity index (χ4n) is 3.24. The van der Waals surface area contributed by atoms with Gasteiger partial charge in [-0.1, -0.05) is 37.3 Å². The molecule has 3 rings (SSSR count). The fraction of sp³-hybridized carbons (Fsp3) is 0.308. The zero-order valence-corrected chi connectivity index (χ0v) is 21.1. The minimum atomic E-state index is -0.551. The van der Waals surface area contributed by atoms with Crippen LogP contribution in [0.25, 0.3) is 6.08 Å². The molecule has 0 saturated carbocycles. The van der Waals surface area contributed by atoms with Gasteiger partial charge in [0.1, 0.15) is 35.6 Å². The van der Waals surface area contributed by atoms with E-state index in [1.807, 2.05) is 32.0 Å². The van der Waals surface area contributed by atoms with Crippen LogP contribution in [-0.4, -0.2) is 36.4 Å². The number of nitrogens with zero attached hydrogens (tertiary/aromatic N) is 3. The zero-order chi connectivity index (χ0) is 25.2. The Morgan fingerprint density at radius 3 is 2.57 bits per heavy atom. The van der Waals surface area contributed by atoms with Crippen LogP contribution in [0.1, 0.15) is 35.5 Å². The average Bonchev–Trinajstić information content (AvgIpc) is 3.32. The lowest BCUT2D eigenvalue weighted by Crippen LogP contribution is -2.13. The van der Waals surface area contributed by atoms with Crippen LogP contribution >= 0.6 is 11.3 Å². The maximum absolute atomic E-state index is 12.5. The Hall–Kier alpha value is -3.90. The lowest BCUT2D eigenvalue weighted by molar-refractivity contribution is -0.112. The van der Waals surface area contributed by atoms with E-state index in [-0.39, 0.29) is 5.57 Å². The molecule has 0 fully saturated rings. The number of hydrogen-bond acceptors (Lipinski definition) is 8. The summed E-state index contributed by atoms with van der Waals surface area (Å²) in [7, 11) is 1.53. The molecular formula is C26H28N4O4S. The van der Waals surface area contributed by atoms with Gasteiger partial charge in [-0.2, -0.15) is 5.26 Å². The van der Waals surface area contributed by atoms with Gasteiger partial charge in [-0.05, 0) is 66.8 Å². The molecule has 0 unspecified atom stereocenters. The molecule has 1 N–H and O–H groups in total. The van der Waals surface area contributed by atoms with E-state index in [9.17, 15) is 10.1 Å². The monoisotopic (exact) mass is 492 g/mol. The normalized spacial score (nSPS) is 11.0. The zero-order valence-electron chi connectivity index (χ0n) is 20.3. The minimum Gasteiger partial charge on any atom is -0.493 e. The van der Waals surface area contributed by atoms with Crippen molar-refractivity contribution in [1.82, 2.24) is 10.2 Å². The largest absolute Gasteiger partial charge is 0.493 e. The van der Waals surface area contributed by atoms with E-state index in [4.69, 9.17) is 14.2 Å². The second-order valence-electron chi connectivity index (χ2n) is 7.59. The number of carbonyl (C=O) groups is 1. The van der Waals surface area contributed by atoms with Crippen molar-refractivity contribution in [3.05, 3.63) is 63.7 Å². The molecule has 3 aromatic rings. The highest BCUT2D eigenvalue weighted by atomic mass is 32.1. The maximum Gasteiger partial charge on any atom is 0.268 e. The Kier molecular flexibility index (Phi) is 9.21. The van der Waals surface area contributed by atoms with Gasteiger partial charge in [0, 0.05) is 0 Å². The highest BCUT2D eigenvalue weighted by Gasteiger charge is 2.13. The summed E-state index contributed by atoms with van der Waals surface area (Å²) in [5, 5.41) is 21.1. The molecule has 0 spiro atoms. The first-order valence-corrected chi connectivity index (χ1v) is 12.1. The summed E-state index contributed by atoms with van der Waals surface area (Å²) in [6, 6.07) is 13.3. The maximum atomic E-state index is 12.5. The summed E-state index contributed by atoms with van der Waals surface area (Å²) >= 11 is 1.28. The lowest BCUT2D eigenvalue weighted by atomic mass is 10.1. The SMILES string of the molecule is CCc1cc(C)cc(OCCOc2ccc(C=C(C#N)C(=O)Nc3nnc(CC)s3)cc2OC)c1. The van der Waals surface area contributed by atoms with Gasteiger partial charge < -0.3 is 14.2 Å². The average molecular weight is 493 g/mol. The number of nitriles is 1. The fourth-order valence-corrected chi connectivity index (χ4v) is 3.92. The molecule has 1 amide bonds. The molecule has 0 aliphatic heterocycles. The Morgan fingerprint density at radius 1 is 1.09 bits per heavy atom. The lowest BCUT2D eigenvalue weighted by Gasteiger charge is -2.13. The van der Waals surface area contributed by atoms with E-state index in [0.717, 1.165) is 29.2 Å². The van der Waals surface area contributed by atoms with E-state index in [2.05, 4.69) is 28.5 Å². The van der Waals surface area contributed by atoms with Crippen molar-refractivity contribution in [2.45, 2.75) is 33.6 Å². The third-order valence-corrected chi connectivity index (χ3v) is 5.97. The Bertz CT molecular complexity index is 1250. The first-order valence-electron chi connectivity index (χ1n) is 11.2. The number of rotatable bonds is 11. The van der Waals surface area contributed by atoms with E-state index in [1.165, 1.54) is 30.1 Å². The number of aromatic nitrogens is 2. The van der Waals surface area contributed by atoms with Gasteiger partial charge in [-0.25, -0.2) is 0 Å². The number of carbonyl (C=O) groups excluding carboxylic acids is 1. The molecule has 0 saturated heterocycles. The second-order valence-corrected chi connectivity index (χ2v) is 8.66. The van der Waals surface area contributed by atoms with E-state index in [1.54, 1.807) is 18.2 Å². The second kappa shape index (κ2) is 12.5. The summed E-state index contributed by atoms with van der Waals surface area (Å²) < 4.78 is 17.1. The van der Waals surface area contributed by atoms with Crippen molar-refractivity contribution >= 4 is 28.5 Å². The molecule has 0 aliphatic carbocycles. The molecular weight excluding hydrogens is 464 g/mol. The topological polar surface area (TPSA) is 106 Å². The van der Waals surface area contributed by atoms with Crippen molar-refractivity contribution in [1.29, 1.82) is 5.26 Å². The standard InChI is InChI=1S/C26H28N4O4S/c1-5-18-11-17(3)12-21(14-18)33-9-10-34-22-8-7-19(15-23(22)32-4)13-20(16-27)25(31)28-26-30-29-24(6-2)35-26/h7-8,11-15H,5-6,9-10H2,1-4H3,(H,28,30,31). The van der Waals surface area contributed by atoms with Gasteiger partial charge in [-0.15, -0.1) is 10.2 Å². The van der Waals surface area contributed by atoms with Gasteiger partial charge in [0.15, 0.2) is 11.5 Å². The van der Waals surface area contributed by atoms with Crippen molar-refractivity contribution in [2.75, 3.05) is 25.6 Å². The van der Waals surface area contributed by atoms with Crippen molar-refractivity contribution in [2.24, 2.45) is 0 Å². The van der Waals surface area contributed by atoms with Crippen LogP contribution in [0.15, 0.2) is 42.0 Å². The third kappa shape index (κ3) is 7.29. The van der Waals surface area contributed by atoms with Gasteiger partial charge >= 0.3 is 0 Å². The molecule has 2 aromatic carbocycles. The number of anilines is 1. The first kappa shape index (κ1) is 25.7. The number of ether oxygens (including phenoxy) is 3. The van der Waals surface area contributed by atoms with Gasteiger partial charge in [0.05, 0.1) is 7.11 Å². The molecule has 9 heteroatoms. The molecule has 0 aliphatic rings. The summed E-state index contributed by atoms with van der Waals surface area (Å²) in [6.45, 7) is 6.81. The molecule has 0 radical (unpaired) electrons. The summed E-state index contributed by atoms with van der Waals surface area (Å²) in [6.07, 6.45) is 3.15. The quantitative estimate of drug-likeness (QED) is 0.228. The predicted octanol–water partition coefficient (Wildman–Crippen LogP) is 4.98. The van der Waals surface area contributed by atoms with Crippen LogP contribution < -0.4 is 19.5 Å². The van der Waals surface area contributed by atoms with Crippen LogP contribution in [0, 0.1) is 18.3 Å². The highest BCUT2D eigenvalue weighted by molar-refractivity contribution is 7.15. The summed E-state index contributed by atoms with van der Waals surface area (Å²) in [4.78, 5) is 12.5. The van der Waals surface area contributed by atoms with Crippen LogP contribution in [0.2, 0.25) is 0 Å². The molecule has 0 bridgehead atoms. The van der Waals surface area contributed by atoms with E-state index >= 15 is 0 Å². The van der Waals surface area contributed by atoms with Crippen LogP contribution in [0.3, 0.4) is 0 Å². The third-order valence-electron chi connectivity index (χ3n) is 4.98. The summed E-state index contributed by atoms with van der Waals surface area (Å²) in [5.74, 6) is 1.29. The minimum absolute atomic E-state index is 0.0630. The Labute approximate surface area is 209 Å². The van der Waals surface area contributed by atoms with Gasteiger partial charge in [0.25, 0.3) is 5.91 Å². The van der Waals surface area contributed by atoms with Gasteiger partial charge in [-0.3, -0.25) is 10.1 Å². The Balaban J connectivity index is 1.62. The first-order chi connectivity index (χ1) is 16.9. The molecule has 182 valence electrons. The number of methoxy groups -OCH3 is 1. The van der Waals surface area contributed by atoms with E-state index < -0.39 is 5.91 Å². The van der Waals surface area contributed by atoms with Crippen molar-refractivity contribution in [3.63, 3.8) is 0 Å². The Morgan fingerprint density at radius 2 is 1.89 bits per heavy atom. The van der Waals surface area contributed by atoms with Crippen LogP contribution in [0.5, 0.6) is 17.2 Å². The number of amides is 1. The number of nitrogens with one attached hydrogen (secondary N) is 1. The molecule has 0 atom stereocenters. The molecule has 1 heterocycles. The van der Waals surface area contributed by atoms with Crippen molar-refractivity contribution < 1.29 is 19.0 Å². The highest BCUT2D eigenvalue weighted by Crippen LogP contribution is 2.29. The van der Waals surface area contributed by atoms with Crippen LogP contribution in [0.4, 0.5) is 5.13 Å². The van der Waals surface area contributed by atoms with Crippen LogP contribution in [-0.2, 0) is 17.6 Å².